The van der Waals surface area contributed by atoms with Crippen molar-refractivity contribution in [1.29, 1.82) is 0 Å². The van der Waals surface area contributed by atoms with Crippen LogP contribution >= 0.6 is 11.3 Å². The number of nitro groups is 1. The first-order valence-corrected chi connectivity index (χ1v) is 8.92. The molecule has 2 aromatic carbocycles. The van der Waals surface area contributed by atoms with Crippen molar-refractivity contribution in [2.24, 2.45) is 0 Å². The summed E-state index contributed by atoms with van der Waals surface area (Å²) in [4.78, 5) is 14.9. The van der Waals surface area contributed by atoms with Crippen LogP contribution in [0.2, 0.25) is 0 Å². The molecule has 0 radical (unpaired) electrons. The quantitative estimate of drug-likeness (QED) is 0.400. The van der Waals surface area contributed by atoms with Crippen LogP contribution in [-0.2, 0) is 6.54 Å². The van der Waals surface area contributed by atoms with E-state index in [9.17, 15) is 10.1 Å². The lowest BCUT2D eigenvalue weighted by Crippen LogP contribution is -2.01. The second-order valence-corrected chi connectivity index (χ2v) is 6.76. The largest absolute Gasteiger partial charge is 0.497 e. The van der Waals surface area contributed by atoms with Crippen LogP contribution in [0.1, 0.15) is 5.69 Å². The number of nitrogens with zero attached hydrogens (tertiary/aromatic N) is 4. The van der Waals surface area contributed by atoms with Crippen LogP contribution in [0, 0.1) is 10.1 Å². The summed E-state index contributed by atoms with van der Waals surface area (Å²) < 4.78 is 7.72. The summed E-state index contributed by atoms with van der Waals surface area (Å²) in [5, 5.41) is 19.3. The molecule has 0 atom stereocenters. The van der Waals surface area contributed by atoms with Crippen LogP contribution in [0.4, 0.5) is 10.8 Å². The molecular weight excluding hydrogens is 366 g/mol. The Labute approximate surface area is 158 Å². The molecule has 2 heterocycles. The second kappa shape index (κ2) is 7.04. The van der Waals surface area contributed by atoms with Crippen LogP contribution < -0.4 is 10.1 Å². The van der Waals surface area contributed by atoms with Crippen molar-refractivity contribution in [1.82, 2.24) is 14.8 Å². The predicted molar refractivity (Wildman–Crippen MR) is 104 cm³/mol. The maximum Gasteiger partial charge on any atom is 0.270 e. The molecule has 136 valence electrons. The lowest BCUT2D eigenvalue weighted by molar-refractivity contribution is -0.384. The number of benzene rings is 2. The molecule has 0 fully saturated rings. The third-order valence-electron chi connectivity index (χ3n) is 3.98. The smallest absolute Gasteiger partial charge is 0.270 e. The summed E-state index contributed by atoms with van der Waals surface area (Å²) in [6.07, 6.45) is 1.89. The molecule has 0 amide bonds. The number of thiazole rings is 1. The maximum absolute atomic E-state index is 10.9. The molecule has 0 saturated carbocycles. The van der Waals surface area contributed by atoms with Crippen molar-refractivity contribution in [2.45, 2.75) is 6.54 Å². The zero-order valence-corrected chi connectivity index (χ0v) is 15.1. The number of nitro benzene ring substituents is 1. The summed E-state index contributed by atoms with van der Waals surface area (Å²) in [6, 6.07) is 14.2. The minimum absolute atomic E-state index is 0.0657. The number of hydrogen-bond acceptors (Lipinski definition) is 7. The molecule has 8 nitrogen and oxygen atoms in total. The first kappa shape index (κ1) is 17.0. The van der Waals surface area contributed by atoms with Gasteiger partial charge in [0.05, 0.1) is 40.2 Å². The molecule has 1 N–H and O–H groups in total. The van der Waals surface area contributed by atoms with Gasteiger partial charge in [0.1, 0.15) is 5.75 Å². The monoisotopic (exact) mass is 381 g/mol. The highest BCUT2D eigenvalue weighted by atomic mass is 32.1. The Morgan fingerprint density at radius 1 is 1.22 bits per heavy atom. The van der Waals surface area contributed by atoms with E-state index < -0.39 is 4.92 Å². The normalized spacial score (nSPS) is 10.9. The molecule has 4 aromatic rings. The Morgan fingerprint density at radius 2 is 2.04 bits per heavy atom. The summed E-state index contributed by atoms with van der Waals surface area (Å²) in [5.74, 6) is 0.795. The van der Waals surface area contributed by atoms with Gasteiger partial charge in [-0.3, -0.25) is 10.1 Å². The van der Waals surface area contributed by atoms with E-state index in [0.717, 1.165) is 27.3 Å². The van der Waals surface area contributed by atoms with Gasteiger partial charge in [0.2, 0.25) is 0 Å². The number of nitrogens with one attached hydrogen (secondary N) is 1. The zero-order chi connectivity index (χ0) is 18.8. The zero-order valence-electron chi connectivity index (χ0n) is 14.3. The fourth-order valence-corrected chi connectivity index (χ4v) is 3.50. The average molecular weight is 381 g/mol. The Hall–Kier alpha value is -3.46. The molecule has 0 bridgehead atoms. The number of ether oxygens (including phenoxy) is 1. The van der Waals surface area contributed by atoms with Gasteiger partial charge in [0.15, 0.2) is 5.13 Å². The Balaban J connectivity index is 1.46. The second-order valence-electron chi connectivity index (χ2n) is 5.73. The minimum Gasteiger partial charge on any atom is -0.497 e. The van der Waals surface area contributed by atoms with Crippen molar-refractivity contribution < 1.29 is 9.66 Å². The average Bonchev–Trinajstić information content (AvgIpc) is 3.32. The van der Waals surface area contributed by atoms with Gasteiger partial charge in [-0.1, -0.05) is 11.3 Å². The van der Waals surface area contributed by atoms with Gasteiger partial charge in [0, 0.05) is 18.3 Å². The highest BCUT2D eigenvalue weighted by Gasteiger charge is 2.10. The van der Waals surface area contributed by atoms with Crippen LogP contribution in [0.25, 0.3) is 15.9 Å². The lowest BCUT2D eigenvalue weighted by atomic mass is 10.3. The molecule has 9 heteroatoms. The van der Waals surface area contributed by atoms with E-state index in [2.05, 4.69) is 15.4 Å². The van der Waals surface area contributed by atoms with Crippen molar-refractivity contribution in [3.05, 3.63) is 70.5 Å². The van der Waals surface area contributed by atoms with Gasteiger partial charge in [-0.25, -0.2) is 9.67 Å². The number of rotatable bonds is 6. The fourth-order valence-electron chi connectivity index (χ4n) is 2.60. The molecule has 0 unspecified atom stereocenters. The molecular formula is C18H15N5O3S. The van der Waals surface area contributed by atoms with E-state index in [1.165, 1.54) is 23.5 Å². The van der Waals surface area contributed by atoms with E-state index >= 15 is 0 Å². The number of non-ortho nitro benzene ring substituents is 1. The topological polar surface area (TPSA) is 95.1 Å². The van der Waals surface area contributed by atoms with E-state index in [1.54, 1.807) is 17.9 Å². The summed E-state index contributed by atoms with van der Waals surface area (Å²) >= 11 is 1.38. The third kappa shape index (κ3) is 3.58. The predicted octanol–water partition coefficient (Wildman–Crippen LogP) is 4.01. The van der Waals surface area contributed by atoms with E-state index in [4.69, 9.17) is 4.74 Å². The van der Waals surface area contributed by atoms with Gasteiger partial charge in [-0.2, -0.15) is 5.10 Å². The number of methoxy groups -OCH3 is 1. The fraction of sp³-hybridized carbons (Fsp3) is 0.111. The molecule has 0 saturated heterocycles. The summed E-state index contributed by atoms with van der Waals surface area (Å²) in [6.45, 7) is 0.505. The molecule has 27 heavy (non-hydrogen) atoms. The minimum atomic E-state index is -0.405. The van der Waals surface area contributed by atoms with Crippen LogP contribution in [0.15, 0.2) is 54.7 Å². The van der Waals surface area contributed by atoms with Gasteiger partial charge >= 0.3 is 0 Å². The number of hydrogen-bond donors (Lipinski definition) is 1. The van der Waals surface area contributed by atoms with Crippen LogP contribution in [0.3, 0.4) is 0 Å². The van der Waals surface area contributed by atoms with Gasteiger partial charge in [-0.05, 0) is 36.4 Å². The molecule has 0 aliphatic carbocycles. The Bertz CT molecular complexity index is 1100. The highest BCUT2D eigenvalue weighted by molar-refractivity contribution is 7.22. The van der Waals surface area contributed by atoms with E-state index in [1.807, 2.05) is 36.5 Å². The van der Waals surface area contributed by atoms with Gasteiger partial charge in [0.25, 0.3) is 5.69 Å². The molecule has 0 aliphatic rings. The van der Waals surface area contributed by atoms with Gasteiger partial charge in [-0.15, -0.1) is 0 Å². The van der Waals surface area contributed by atoms with Gasteiger partial charge < -0.3 is 10.1 Å². The maximum atomic E-state index is 10.9. The Kier molecular flexibility index (Phi) is 4.43. The number of aromatic nitrogens is 3. The third-order valence-corrected chi connectivity index (χ3v) is 4.96. The molecule has 0 aliphatic heterocycles. The van der Waals surface area contributed by atoms with Crippen molar-refractivity contribution in [3.8, 4) is 11.4 Å². The number of fused-ring (bicyclic) bond motifs is 1. The Morgan fingerprint density at radius 3 is 2.78 bits per heavy atom. The van der Waals surface area contributed by atoms with Crippen LogP contribution in [0.5, 0.6) is 5.75 Å². The standard InChI is InChI=1S/C18H15N5O3S/c1-26-15-5-2-13(3-6-15)22-9-8-12(21-22)11-19-18-20-16-7-4-14(23(24)25)10-17(16)27-18/h2-10H,11H2,1H3,(H,19,20). The molecule has 4 rings (SSSR count). The SMILES string of the molecule is COc1ccc(-n2ccc(CNc3nc4ccc([N+](=O)[O-])cc4s3)n2)cc1. The summed E-state index contributed by atoms with van der Waals surface area (Å²) in [7, 11) is 1.63. The highest BCUT2D eigenvalue weighted by Crippen LogP contribution is 2.29. The van der Waals surface area contributed by atoms with E-state index in [-0.39, 0.29) is 5.69 Å². The van der Waals surface area contributed by atoms with E-state index in [0.29, 0.717) is 11.7 Å². The van der Waals surface area contributed by atoms with Crippen molar-refractivity contribution in [2.75, 3.05) is 12.4 Å². The summed E-state index contributed by atoms with van der Waals surface area (Å²) in [5.41, 5.74) is 2.60. The first-order valence-electron chi connectivity index (χ1n) is 8.10. The lowest BCUT2D eigenvalue weighted by Gasteiger charge is -2.03. The number of anilines is 1. The first-order chi connectivity index (χ1) is 13.1. The van der Waals surface area contributed by atoms with Crippen molar-refractivity contribution >= 4 is 32.4 Å². The molecule has 2 aromatic heterocycles. The van der Waals surface area contributed by atoms with Crippen molar-refractivity contribution in [3.63, 3.8) is 0 Å². The van der Waals surface area contributed by atoms with Crippen LogP contribution in [-0.4, -0.2) is 26.8 Å². The molecule has 0 spiro atoms.